The third kappa shape index (κ3) is 3.76. The van der Waals surface area contributed by atoms with Crippen molar-refractivity contribution in [1.29, 1.82) is 0 Å². The SMILES string of the molecule is Clc1ccc(Cl)c(CNc2ccc(I)cc2)c1. The molecule has 0 aliphatic heterocycles. The predicted molar refractivity (Wildman–Crippen MR) is 82.9 cm³/mol. The van der Waals surface area contributed by atoms with Gasteiger partial charge in [-0.15, -0.1) is 0 Å². The number of benzene rings is 2. The summed E-state index contributed by atoms with van der Waals surface area (Å²) < 4.78 is 1.22. The second kappa shape index (κ2) is 5.94. The molecule has 0 aliphatic rings. The molecule has 0 saturated carbocycles. The van der Waals surface area contributed by atoms with E-state index >= 15 is 0 Å². The average molecular weight is 378 g/mol. The van der Waals surface area contributed by atoms with Crippen LogP contribution in [0.5, 0.6) is 0 Å². The standard InChI is InChI=1S/C13H10Cl2IN/c14-10-1-6-13(15)9(7-10)8-17-12-4-2-11(16)3-5-12/h1-7,17H,8H2. The average Bonchev–Trinajstić information content (AvgIpc) is 2.32. The van der Waals surface area contributed by atoms with Crippen LogP contribution in [0, 0.1) is 3.57 Å². The fourth-order valence-electron chi connectivity index (χ4n) is 1.44. The van der Waals surface area contributed by atoms with Crippen molar-refractivity contribution in [3.63, 3.8) is 0 Å². The van der Waals surface area contributed by atoms with Crippen molar-refractivity contribution in [2.45, 2.75) is 6.54 Å². The number of hydrogen-bond acceptors (Lipinski definition) is 1. The quantitative estimate of drug-likeness (QED) is 0.724. The van der Waals surface area contributed by atoms with Gasteiger partial charge < -0.3 is 5.32 Å². The zero-order valence-corrected chi connectivity index (χ0v) is 12.6. The molecule has 0 aromatic heterocycles. The van der Waals surface area contributed by atoms with Crippen molar-refractivity contribution >= 4 is 51.5 Å². The van der Waals surface area contributed by atoms with Crippen LogP contribution >= 0.6 is 45.8 Å². The van der Waals surface area contributed by atoms with E-state index in [4.69, 9.17) is 23.2 Å². The monoisotopic (exact) mass is 377 g/mol. The summed E-state index contributed by atoms with van der Waals surface area (Å²) in [5.41, 5.74) is 2.07. The summed E-state index contributed by atoms with van der Waals surface area (Å²) in [6.45, 7) is 0.667. The Kier molecular flexibility index (Phi) is 4.54. The molecule has 0 unspecified atom stereocenters. The van der Waals surface area contributed by atoms with E-state index < -0.39 is 0 Å². The first-order chi connectivity index (χ1) is 8.15. The number of halogens is 3. The van der Waals surface area contributed by atoms with Gasteiger partial charge in [0.05, 0.1) is 0 Å². The van der Waals surface area contributed by atoms with Crippen molar-refractivity contribution < 1.29 is 0 Å². The lowest BCUT2D eigenvalue weighted by molar-refractivity contribution is 1.15. The highest BCUT2D eigenvalue weighted by molar-refractivity contribution is 14.1. The van der Waals surface area contributed by atoms with E-state index in [1.807, 2.05) is 24.3 Å². The second-order valence-corrected chi connectivity index (χ2v) is 5.69. The van der Waals surface area contributed by atoms with Crippen molar-refractivity contribution in [3.8, 4) is 0 Å². The molecule has 17 heavy (non-hydrogen) atoms. The van der Waals surface area contributed by atoms with Crippen LogP contribution in [0.25, 0.3) is 0 Å². The van der Waals surface area contributed by atoms with E-state index in [0.717, 1.165) is 16.3 Å². The largest absolute Gasteiger partial charge is 0.381 e. The van der Waals surface area contributed by atoms with E-state index in [-0.39, 0.29) is 0 Å². The molecule has 1 nitrogen and oxygen atoms in total. The van der Waals surface area contributed by atoms with Crippen molar-refractivity contribution in [2.75, 3.05) is 5.32 Å². The van der Waals surface area contributed by atoms with E-state index in [9.17, 15) is 0 Å². The molecule has 1 N–H and O–H groups in total. The molecule has 2 rings (SSSR count). The van der Waals surface area contributed by atoms with Crippen LogP contribution in [0.15, 0.2) is 42.5 Å². The molecule has 0 spiro atoms. The minimum absolute atomic E-state index is 0.667. The maximum Gasteiger partial charge on any atom is 0.0456 e. The first-order valence-electron chi connectivity index (χ1n) is 5.08. The zero-order valence-electron chi connectivity index (χ0n) is 8.88. The van der Waals surface area contributed by atoms with E-state index in [1.54, 1.807) is 6.07 Å². The normalized spacial score (nSPS) is 10.3. The van der Waals surface area contributed by atoms with Gasteiger partial charge in [0.15, 0.2) is 0 Å². The van der Waals surface area contributed by atoms with Crippen LogP contribution in [0.1, 0.15) is 5.56 Å². The van der Waals surface area contributed by atoms with Crippen LogP contribution in [0.4, 0.5) is 5.69 Å². The Hall–Kier alpha value is -0.450. The van der Waals surface area contributed by atoms with E-state index in [2.05, 4.69) is 40.0 Å². The predicted octanol–water partition coefficient (Wildman–Crippen LogP) is 5.21. The van der Waals surface area contributed by atoms with Gasteiger partial charge in [-0.25, -0.2) is 0 Å². The highest BCUT2D eigenvalue weighted by Gasteiger charge is 2.01. The first kappa shape index (κ1) is 13.0. The van der Waals surface area contributed by atoms with Gasteiger partial charge in [0.2, 0.25) is 0 Å². The summed E-state index contributed by atoms with van der Waals surface area (Å²) in [5, 5.41) is 4.74. The minimum Gasteiger partial charge on any atom is -0.381 e. The van der Waals surface area contributed by atoms with Gasteiger partial charge in [0.1, 0.15) is 0 Å². The molecular formula is C13H10Cl2IN. The number of hydrogen-bond donors (Lipinski definition) is 1. The molecule has 0 atom stereocenters. The lowest BCUT2D eigenvalue weighted by Gasteiger charge is -2.08. The zero-order chi connectivity index (χ0) is 12.3. The fraction of sp³-hybridized carbons (Fsp3) is 0.0769. The lowest BCUT2D eigenvalue weighted by Crippen LogP contribution is -1.99. The molecule has 2 aromatic carbocycles. The van der Waals surface area contributed by atoms with Gasteiger partial charge in [0, 0.05) is 25.8 Å². The van der Waals surface area contributed by atoms with Crippen molar-refractivity contribution in [2.24, 2.45) is 0 Å². The number of rotatable bonds is 3. The fourth-order valence-corrected chi connectivity index (χ4v) is 2.18. The van der Waals surface area contributed by atoms with E-state index in [0.29, 0.717) is 11.6 Å². The second-order valence-electron chi connectivity index (χ2n) is 3.60. The van der Waals surface area contributed by atoms with Gasteiger partial charge in [-0.1, -0.05) is 23.2 Å². The Morgan fingerprint density at radius 3 is 2.41 bits per heavy atom. The molecule has 4 heteroatoms. The van der Waals surface area contributed by atoms with Gasteiger partial charge >= 0.3 is 0 Å². The van der Waals surface area contributed by atoms with Crippen molar-refractivity contribution in [1.82, 2.24) is 0 Å². The summed E-state index contributed by atoms with van der Waals surface area (Å²) in [6, 6.07) is 13.7. The highest BCUT2D eigenvalue weighted by Crippen LogP contribution is 2.22. The molecule has 0 heterocycles. The Morgan fingerprint density at radius 2 is 1.71 bits per heavy atom. The molecule has 0 bridgehead atoms. The first-order valence-corrected chi connectivity index (χ1v) is 6.92. The molecule has 0 amide bonds. The number of nitrogens with one attached hydrogen (secondary N) is 1. The third-order valence-corrected chi connectivity index (χ3v) is 3.66. The summed E-state index contributed by atoms with van der Waals surface area (Å²) >= 11 is 14.3. The van der Waals surface area contributed by atoms with Crippen molar-refractivity contribution in [3.05, 3.63) is 61.6 Å². The topological polar surface area (TPSA) is 12.0 Å². The molecule has 0 aliphatic carbocycles. The summed E-state index contributed by atoms with van der Waals surface area (Å²) in [6.07, 6.45) is 0. The van der Waals surface area contributed by atoms with Crippen LogP contribution < -0.4 is 5.32 Å². The smallest absolute Gasteiger partial charge is 0.0456 e. The molecule has 2 aromatic rings. The summed E-state index contributed by atoms with van der Waals surface area (Å²) in [7, 11) is 0. The molecular weight excluding hydrogens is 368 g/mol. The Bertz CT molecular complexity index is 511. The van der Waals surface area contributed by atoms with Crippen LogP contribution in [0.3, 0.4) is 0 Å². The maximum atomic E-state index is 6.09. The molecule has 0 saturated heterocycles. The maximum absolute atomic E-state index is 6.09. The summed E-state index contributed by atoms with van der Waals surface area (Å²) in [5.74, 6) is 0. The van der Waals surface area contributed by atoms with Gasteiger partial charge in [-0.3, -0.25) is 0 Å². The minimum atomic E-state index is 0.667. The third-order valence-electron chi connectivity index (χ3n) is 2.33. The molecule has 0 radical (unpaired) electrons. The van der Waals surface area contributed by atoms with E-state index in [1.165, 1.54) is 3.57 Å². The Labute approximate surface area is 124 Å². The van der Waals surface area contributed by atoms with Crippen LogP contribution in [-0.4, -0.2) is 0 Å². The molecule has 88 valence electrons. The Morgan fingerprint density at radius 1 is 1.00 bits per heavy atom. The van der Waals surface area contributed by atoms with Gasteiger partial charge in [0.25, 0.3) is 0 Å². The number of anilines is 1. The van der Waals surface area contributed by atoms with Gasteiger partial charge in [-0.05, 0) is 70.6 Å². The summed E-state index contributed by atoms with van der Waals surface area (Å²) in [4.78, 5) is 0. The van der Waals surface area contributed by atoms with Crippen LogP contribution in [-0.2, 0) is 6.54 Å². The van der Waals surface area contributed by atoms with Gasteiger partial charge in [-0.2, -0.15) is 0 Å². The Balaban J connectivity index is 2.07. The van der Waals surface area contributed by atoms with Crippen LogP contribution in [0.2, 0.25) is 10.0 Å². The lowest BCUT2D eigenvalue weighted by atomic mass is 10.2. The molecule has 0 fully saturated rings. The highest BCUT2D eigenvalue weighted by atomic mass is 127.